The zero-order valence-electron chi connectivity index (χ0n) is 13.4. The Morgan fingerprint density at radius 3 is 2.78 bits per heavy atom. The lowest BCUT2D eigenvalue weighted by Crippen LogP contribution is -2.42. The molecule has 0 saturated heterocycles. The second kappa shape index (κ2) is 8.77. The van der Waals surface area contributed by atoms with Crippen LogP contribution in [0.3, 0.4) is 0 Å². The fourth-order valence-corrected chi connectivity index (χ4v) is 1.97. The molecule has 0 aliphatic heterocycles. The van der Waals surface area contributed by atoms with Crippen LogP contribution in [0.15, 0.2) is 48.0 Å². The molecule has 0 fully saturated rings. The molecule has 2 aromatic rings. The molecule has 0 aliphatic rings. The van der Waals surface area contributed by atoms with Crippen LogP contribution in [-0.4, -0.2) is 41.8 Å². The van der Waals surface area contributed by atoms with Crippen LogP contribution in [0.4, 0.5) is 4.39 Å². The van der Waals surface area contributed by atoms with Gasteiger partial charge in [0.25, 0.3) is 0 Å². The molecule has 1 aromatic heterocycles. The largest absolute Gasteiger partial charge is 0.489 e. The number of ether oxygens (including phenoxy) is 1. The third kappa shape index (κ3) is 5.98. The first-order valence-corrected chi connectivity index (χ1v) is 7.50. The predicted molar refractivity (Wildman–Crippen MR) is 88.1 cm³/mol. The SMILES string of the molecule is CN=C(NCCn1ccnc1)NCC(C)Oc1ccc(F)cc1. The van der Waals surface area contributed by atoms with E-state index in [1.54, 1.807) is 31.7 Å². The number of aliphatic imine (C=N–C) groups is 1. The average molecular weight is 319 g/mol. The van der Waals surface area contributed by atoms with Crippen molar-refractivity contribution in [3.8, 4) is 5.75 Å². The Balaban J connectivity index is 1.68. The highest BCUT2D eigenvalue weighted by atomic mass is 19.1. The quantitative estimate of drug-likeness (QED) is 0.602. The lowest BCUT2D eigenvalue weighted by Gasteiger charge is -2.17. The first kappa shape index (κ1) is 16.8. The molecule has 0 saturated carbocycles. The predicted octanol–water partition coefficient (Wildman–Crippen LogP) is 1.65. The van der Waals surface area contributed by atoms with Crippen molar-refractivity contribution in [1.82, 2.24) is 20.2 Å². The standard InChI is InChI=1S/C16H22FN5O/c1-13(23-15-5-3-14(17)4-6-15)11-21-16(18-2)20-8-10-22-9-7-19-12-22/h3-7,9,12-13H,8,10-11H2,1-2H3,(H2,18,20,21). The van der Waals surface area contributed by atoms with E-state index in [0.29, 0.717) is 18.3 Å². The van der Waals surface area contributed by atoms with Crippen LogP contribution < -0.4 is 15.4 Å². The molecule has 124 valence electrons. The summed E-state index contributed by atoms with van der Waals surface area (Å²) in [6.45, 7) is 4.07. The van der Waals surface area contributed by atoms with Crippen LogP contribution in [0.2, 0.25) is 0 Å². The fourth-order valence-electron chi connectivity index (χ4n) is 1.97. The highest BCUT2D eigenvalue weighted by Crippen LogP contribution is 2.12. The summed E-state index contributed by atoms with van der Waals surface area (Å²) in [5.74, 6) is 1.08. The Morgan fingerprint density at radius 2 is 2.13 bits per heavy atom. The molecule has 1 atom stereocenters. The van der Waals surface area contributed by atoms with Crippen molar-refractivity contribution in [2.75, 3.05) is 20.1 Å². The minimum absolute atomic E-state index is 0.0762. The summed E-state index contributed by atoms with van der Waals surface area (Å²) in [6, 6.07) is 5.99. The number of aromatic nitrogens is 2. The maximum atomic E-state index is 12.8. The normalized spacial score (nSPS) is 12.7. The number of benzene rings is 1. The van der Waals surface area contributed by atoms with Crippen molar-refractivity contribution in [3.63, 3.8) is 0 Å². The molecule has 6 nitrogen and oxygen atoms in total. The number of rotatable bonds is 7. The molecule has 1 aromatic carbocycles. The van der Waals surface area contributed by atoms with E-state index in [1.165, 1.54) is 12.1 Å². The lowest BCUT2D eigenvalue weighted by molar-refractivity contribution is 0.223. The van der Waals surface area contributed by atoms with E-state index in [2.05, 4.69) is 20.6 Å². The van der Waals surface area contributed by atoms with Crippen molar-refractivity contribution < 1.29 is 9.13 Å². The van der Waals surface area contributed by atoms with Crippen molar-refractivity contribution >= 4 is 5.96 Å². The van der Waals surface area contributed by atoms with Gasteiger partial charge in [0.05, 0.1) is 12.9 Å². The second-order valence-electron chi connectivity index (χ2n) is 5.06. The highest BCUT2D eigenvalue weighted by Gasteiger charge is 2.06. The second-order valence-corrected chi connectivity index (χ2v) is 5.06. The van der Waals surface area contributed by atoms with Gasteiger partial charge in [-0.05, 0) is 31.2 Å². The van der Waals surface area contributed by atoms with Gasteiger partial charge in [-0.25, -0.2) is 9.37 Å². The zero-order valence-corrected chi connectivity index (χ0v) is 13.4. The van der Waals surface area contributed by atoms with Gasteiger partial charge in [-0.1, -0.05) is 0 Å². The van der Waals surface area contributed by atoms with Gasteiger partial charge in [0.1, 0.15) is 17.7 Å². The Bertz CT molecular complexity index is 597. The van der Waals surface area contributed by atoms with E-state index in [4.69, 9.17) is 4.74 Å². The molecule has 0 amide bonds. The summed E-state index contributed by atoms with van der Waals surface area (Å²) in [7, 11) is 1.72. The molecule has 1 unspecified atom stereocenters. The number of guanidine groups is 1. The number of hydrogen-bond acceptors (Lipinski definition) is 3. The van der Waals surface area contributed by atoms with Crippen LogP contribution >= 0.6 is 0 Å². The summed E-state index contributed by atoms with van der Waals surface area (Å²) in [5.41, 5.74) is 0. The van der Waals surface area contributed by atoms with E-state index in [1.807, 2.05) is 17.7 Å². The van der Waals surface area contributed by atoms with Crippen molar-refractivity contribution in [1.29, 1.82) is 0 Å². The first-order chi connectivity index (χ1) is 11.2. The molecule has 2 N–H and O–H groups in total. The number of nitrogens with zero attached hydrogens (tertiary/aromatic N) is 3. The van der Waals surface area contributed by atoms with Gasteiger partial charge in [-0.15, -0.1) is 0 Å². The Morgan fingerprint density at radius 1 is 1.35 bits per heavy atom. The maximum Gasteiger partial charge on any atom is 0.191 e. The van der Waals surface area contributed by atoms with E-state index in [9.17, 15) is 4.39 Å². The van der Waals surface area contributed by atoms with Gasteiger partial charge >= 0.3 is 0 Å². The number of imidazole rings is 1. The molecular formula is C16H22FN5O. The van der Waals surface area contributed by atoms with Gasteiger partial charge in [0, 0.05) is 32.5 Å². The van der Waals surface area contributed by atoms with E-state index >= 15 is 0 Å². The van der Waals surface area contributed by atoms with E-state index in [0.717, 1.165) is 13.1 Å². The fraction of sp³-hybridized carbons (Fsp3) is 0.375. The van der Waals surface area contributed by atoms with Crippen LogP contribution in [0.1, 0.15) is 6.92 Å². The zero-order chi connectivity index (χ0) is 16.5. The molecule has 2 rings (SSSR count). The van der Waals surface area contributed by atoms with Crippen LogP contribution in [0.25, 0.3) is 0 Å². The number of hydrogen-bond donors (Lipinski definition) is 2. The molecule has 0 bridgehead atoms. The Hall–Kier alpha value is -2.57. The molecule has 0 aliphatic carbocycles. The molecule has 0 radical (unpaired) electrons. The molecule has 7 heteroatoms. The van der Waals surface area contributed by atoms with Gasteiger partial charge in [0.15, 0.2) is 5.96 Å². The highest BCUT2D eigenvalue weighted by molar-refractivity contribution is 5.79. The van der Waals surface area contributed by atoms with E-state index in [-0.39, 0.29) is 11.9 Å². The molecule has 23 heavy (non-hydrogen) atoms. The Kier molecular flexibility index (Phi) is 6.40. The van der Waals surface area contributed by atoms with Crippen molar-refractivity contribution in [2.24, 2.45) is 4.99 Å². The lowest BCUT2D eigenvalue weighted by atomic mass is 10.3. The van der Waals surface area contributed by atoms with Gasteiger partial charge in [-0.3, -0.25) is 4.99 Å². The van der Waals surface area contributed by atoms with Gasteiger partial charge in [0.2, 0.25) is 0 Å². The average Bonchev–Trinajstić information content (AvgIpc) is 3.06. The number of halogens is 1. The van der Waals surface area contributed by atoms with Crippen LogP contribution in [-0.2, 0) is 6.54 Å². The van der Waals surface area contributed by atoms with Gasteiger partial charge < -0.3 is 19.9 Å². The number of nitrogens with one attached hydrogen (secondary N) is 2. The molecule has 1 heterocycles. The third-order valence-electron chi connectivity index (χ3n) is 3.15. The maximum absolute atomic E-state index is 12.8. The molecular weight excluding hydrogens is 297 g/mol. The summed E-state index contributed by atoms with van der Waals surface area (Å²) in [4.78, 5) is 8.16. The minimum Gasteiger partial charge on any atom is -0.489 e. The topological polar surface area (TPSA) is 63.5 Å². The van der Waals surface area contributed by atoms with Crippen LogP contribution in [0.5, 0.6) is 5.75 Å². The van der Waals surface area contributed by atoms with Crippen molar-refractivity contribution in [2.45, 2.75) is 19.6 Å². The van der Waals surface area contributed by atoms with Gasteiger partial charge in [-0.2, -0.15) is 0 Å². The Labute approximate surface area is 135 Å². The monoisotopic (exact) mass is 319 g/mol. The first-order valence-electron chi connectivity index (χ1n) is 7.50. The minimum atomic E-state index is -0.273. The molecule has 0 spiro atoms. The summed E-state index contributed by atoms with van der Waals surface area (Å²) in [5, 5.41) is 6.42. The summed E-state index contributed by atoms with van der Waals surface area (Å²) < 4.78 is 20.5. The van der Waals surface area contributed by atoms with Crippen molar-refractivity contribution in [3.05, 3.63) is 48.8 Å². The summed E-state index contributed by atoms with van der Waals surface area (Å²) in [6.07, 6.45) is 5.36. The van der Waals surface area contributed by atoms with Crippen LogP contribution in [0, 0.1) is 5.82 Å². The van der Waals surface area contributed by atoms with E-state index < -0.39 is 0 Å². The summed E-state index contributed by atoms with van der Waals surface area (Å²) >= 11 is 0. The smallest absolute Gasteiger partial charge is 0.191 e. The third-order valence-corrected chi connectivity index (χ3v) is 3.15.